The summed E-state index contributed by atoms with van der Waals surface area (Å²) in [4.78, 5) is 3.89. The van der Waals surface area contributed by atoms with Crippen LogP contribution in [0.1, 0.15) is 24.5 Å². The fourth-order valence-electron chi connectivity index (χ4n) is 3.05. The molecule has 0 aliphatic heterocycles. The van der Waals surface area contributed by atoms with Gasteiger partial charge in [-0.15, -0.1) is 0 Å². The maximum Gasteiger partial charge on any atom is 0.245 e. The van der Waals surface area contributed by atoms with Gasteiger partial charge in [-0.25, -0.2) is 6.57 Å². The molecule has 1 nitrogen and oxygen atoms in total. The lowest BCUT2D eigenvalue weighted by molar-refractivity contribution is 0.721. The second-order valence-corrected chi connectivity index (χ2v) is 5.20. The average molecular weight is 233 g/mol. The predicted octanol–water partition coefficient (Wildman–Crippen LogP) is 4.05. The van der Waals surface area contributed by atoms with Crippen LogP contribution in [0.3, 0.4) is 0 Å². The number of benzene rings is 2. The summed E-state index contributed by atoms with van der Waals surface area (Å²) in [7, 11) is 0. The molecule has 1 heteroatoms. The minimum absolute atomic E-state index is 0.114. The van der Waals surface area contributed by atoms with E-state index in [9.17, 15) is 0 Å². The normalized spacial score (nSPS) is 24.2. The molecule has 0 amide bonds. The standard InChI is InChI=1S/C17H15N/c1-16(18-2)13-17(16,14-9-5-3-6-10-14)15-11-7-4-8-12-15/h3-12H,13H2,1H3/t16-/m1/s1. The molecule has 0 saturated heterocycles. The Morgan fingerprint density at radius 2 is 1.33 bits per heavy atom. The van der Waals surface area contributed by atoms with E-state index in [1.165, 1.54) is 11.1 Å². The van der Waals surface area contributed by atoms with Crippen LogP contribution < -0.4 is 0 Å². The van der Waals surface area contributed by atoms with E-state index in [1.54, 1.807) is 0 Å². The van der Waals surface area contributed by atoms with Crippen LogP contribution in [-0.2, 0) is 5.41 Å². The highest BCUT2D eigenvalue weighted by Gasteiger charge is 2.73. The van der Waals surface area contributed by atoms with Gasteiger partial charge >= 0.3 is 0 Å². The highest BCUT2D eigenvalue weighted by molar-refractivity contribution is 5.55. The Hall–Kier alpha value is -2.07. The van der Waals surface area contributed by atoms with Gasteiger partial charge in [0.05, 0.1) is 0 Å². The quantitative estimate of drug-likeness (QED) is 0.689. The van der Waals surface area contributed by atoms with Crippen molar-refractivity contribution in [1.29, 1.82) is 0 Å². The molecule has 0 spiro atoms. The first-order chi connectivity index (χ1) is 8.73. The Balaban J connectivity index is 2.18. The lowest BCUT2D eigenvalue weighted by atomic mass is 9.84. The molecule has 1 fully saturated rings. The first-order valence-electron chi connectivity index (χ1n) is 6.23. The molecule has 0 bridgehead atoms. The fourth-order valence-corrected chi connectivity index (χ4v) is 3.05. The molecule has 3 rings (SSSR count). The van der Waals surface area contributed by atoms with Crippen molar-refractivity contribution in [2.24, 2.45) is 0 Å². The van der Waals surface area contributed by atoms with Crippen LogP contribution in [0.5, 0.6) is 0 Å². The van der Waals surface area contributed by atoms with Crippen LogP contribution in [0.15, 0.2) is 60.7 Å². The molecule has 1 aliphatic carbocycles. The van der Waals surface area contributed by atoms with Crippen molar-refractivity contribution in [2.75, 3.05) is 0 Å². The van der Waals surface area contributed by atoms with Gasteiger partial charge in [0, 0.05) is 13.3 Å². The number of rotatable bonds is 2. The Kier molecular flexibility index (Phi) is 2.28. The summed E-state index contributed by atoms with van der Waals surface area (Å²) >= 11 is 0. The molecule has 1 atom stereocenters. The summed E-state index contributed by atoms with van der Waals surface area (Å²) in [5.41, 5.74) is 2.11. The Morgan fingerprint density at radius 1 is 0.889 bits per heavy atom. The van der Waals surface area contributed by atoms with Crippen molar-refractivity contribution < 1.29 is 0 Å². The molecule has 0 aromatic heterocycles. The molecule has 1 saturated carbocycles. The molecule has 88 valence electrons. The monoisotopic (exact) mass is 233 g/mol. The second kappa shape index (κ2) is 3.71. The van der Waals surface area contributed by atoms with Gasteiger partial charge in [-0.2, -0.15) is 0 Å². The van der Waals surface area contributed by atoms with Gasteiger partial charge in [-0.1, -0.05) is 60.7 Å². The molecular formula is C17H15N. The second-order valence-electron chi connectivity index (χ2n) is 5.20. The molecule has 1 aliphatic rings. The Labute approximate surface area is 108 Å². The first kappa shape index (κ1) is 11.0. The van der Waals surface area contributed by atoms with Gasteiger partial charge in [0.2, 0.25) is 5.54 Å². The highest BCUT2D eigenvalue weighted by Crippen LogP contribution is 2.63. The molecule has 0 N–H and O–H groups in total. The third kappa shape index (κ3) is 1.32. The minimum Gasteiger partial charge on any atom is -0.309 e. The Morgan fingerprint density at radius 3 is 1.67 bits per heavy atom. The van der Waals surface area contributed by atoms with E-state index < -0.39 is 0 Å². The maximum atomic E-state index is 7.50. The van der Waals surface area contributed by atoms with E-state index >= 15 is 0 Å². The van der Waals surface area contributed by atoms with Crippen molar-refractivity contribution >= 4 is 0 Å². The van der Waals surface area contributed by atoms with Gasteiger partial charge in [0.1, 0.15) is 5.41 Å². The highest BCUT2D eigenvalue weighted by atomic mass is 14.9. The summed E-state index contributed by atoms with van der Waals surface area (Å²) < 4.78 is 0. The van der Waals surface area contributed by atoms with E-state index in [2.05, 4.69) is 60.3 Å². The van der Waals surface area contributed by atoms with Gasteiger partial charge in [-0.3, -0.25) is 0 Å². The molecule has 0 unspecified atom stereocenters. The van der Waals surface area contributed by atoms with Crippen molar-refractivity contribution in [2.45, 2.75) is 24.3 Å². The van der Waals surface area contributed by atoms with Gasteiger partial charge in [-0.05, 0) is 11.1 Å². The topological polar surface area (TPSA) is 4.36 Å². The minimum atomic E-state index is -0.296. The third-order valence-corrected chi connectivity index (χ3v) is 4.18. The summed E-state index contributed by atoms with van der Waals surface area (Å²) in [5, 5.41) is 0. The van der Waals surface area contributed by atoms with Crippen LogP contribution in [0, 0.1) is 6.57 Å². The average Bonchev–Trinajstić information content (AvgIpc) is 3.09. The largest absolute Gasteiger partial charge is 0.309 e. The van der Waals surface area contributed by atoms with E-state index in [1.807, 2.05) is 12.1 Å². The number of hydrogen-bond donors (Lipinski definition) is 0. The SMILES string of the molecule is [C-]#[N+][C@]1(C)CC1(c1ccccc1)c1ccccc1. The van der Waals surface area contributed by atoms with E-state index in [-0.39, 0.29) is 11.0 Å². The molecule has 0 radical (unpaired) electrons. The molecule has 18 heavy (non-hydrogen) atoms. The lowest BCUT2D eigenvalue weighted by Crippen LogP contribution is -2.19. The molecular weight excluding hydrogens is 218 g/mol. The van der Waals surface area contributed by atoms with E-state index in [0.29, 0.717) is 0 Å². The number of nitrogens with zero attached hydrogens (tertiary/aromatic N) is 1. The van der Waals surface area contributed by atoms with E-state index in [0.717, 1.165) is 6.42 Å². The zero-order valence-corrected chi connectivity index (χ0v) is 10.4. The Bertz CT molecular complexity index is 555. The van der Waals surface area contributed by atoms with Crippen molar-refractivity contribution in [1.82, 2.24) is 0 Å². The molecule has 2 aromatic carbocycles. The molecule has 0 heterocycles. The van der Waals surface area contributed by atoms with Crippen LogP contribution in [0.25, 0.3) is 4.85 Å². The van der Waals surface area contributed by atoms with Crippen LogP contribution in [0.4, 0.5) is 0 Å². The summed E-state index contributed by atoms with van der Waals surface area (Å²) in [6.45, 7) is 9.57. The molecule has 2 aromatic rings. The zero-order valence-electron chi connectivity index (χ0n) is 10.4. The fraction of sp³-hybridized carbons (Fsp3) is 0.235. The van der Waals surface area contributed by atoms with Crippen molar-refractivity contribution in [3.63, 3.8) is 0 Å². The maximum absolute atomic E-state index is 7.50. The summed E-state index contributed by atoms with van der Waals surface area (Å²) in [6.07, 6.45) is 0.914. The van der Waals surface area contributed by atoms with Crippen LogP contribution >= 0.6 is 0 Å². The third-order valence-electron chi connectivity index (χ3n) is 4.18. The first-order valence-corrected chi connectivity index (χ1v) is 6.23. The van der Waals surface area contributed by atoms with Crippen molar-refractivity contribution in [3.05, 3.63) is 83.2 Å². The van der Waals surface area contributed by atoms with Crippen LogP contribution in [0.2, 0.25) is 0 Å². The zero-order chi connectivity index (χ0) is 12.6. The smallest absolute Gasteiger partial charge is 0.245 e. The van der Waals surface area contributed by atoms with E-state index in [4.69, 9.17) is 6.57 Å². The van der Waals surface area contributed by atoms with Gasteiger partial charge in [0.25, 0.3) is 0 Å². The number of hydrogen-bond acceptors (Lipinski definition) is 0. The van der Waals surface area contributed by atoms with Crippen LogP contribution in [-0.4, -0.2) is 5.54 Å². The summed E-state index contributed by atoms with van der Waals surface area (Å²) in [6, 6.07) is 20.9. The van der Waals surface area contributed by atoms with Gasteiger partial charge in [0.15, 0.2) is 0 Å². The lowest BCUT2D eigenvalue weighted by Gasteiger charge is -2.17. The predicted molar refractivity (Wildman–Crippen MR) is 73.3 cm³/mol. The van der Waals surface area contributed by atoms with Crippen molar-refractivity contribution in [3.8, 4) is 0 Å². The summed E-state index contributed by atoms with van der Waals surface area (Å²) in [5.74, 6) is 0. The van der Waals surface area contributed by atoms with Gasteiger partial charge < -0.3 is 4.85 Å².